The summed E-state index contributed by atoms with van der Waals surface area (Å²) in [5.41, 5.74) is 8.64. The maximum absolute atomic E-state index is 13.7. The molecule has 0 aliphatic carbocycles. The quantitative estimate of drug-likeness (QED) is 0.540. The number of anilines is 1. The number of aromatic nitrogens is 5. The molecule has 34 heavy (non-hydrogen) atoms. The molecule has 0 saturated carbocycles. The number of carbonyl (C=O) groups excluding carboxylic acids is 1. The Labute approximate surface area is 201 Å². The van der Waals surface area contributed by atoms with E-state index in [4.69, 9.17) is 5.73 Å². The van der Waals surface area contributed by atoms with Crippen LogP contribution in [-0.4, -0.2) is 37.2 Å². The summed E-state index contributed by atoms with van der Waals surface area (Å²) >= 11 is 3.23. The van der Waals surface area contributed by atoms with Crippen molar-refractivity contribution in [2.45, 2.75) is 26.9 Å². The van der Waals surface area contributed by atoms with Gasteiger partial charge >= 0.3 is 6.18 Å². The second kappa shape index (κ2) is 8.42. The van der Waals surface area contributed by atoms with Gasteiger partial charge in [0.1, 0.15) is 5.69 Å². The molecular formula is C22H21BrF3N7O. The van der Waals surface area contributed by atoms with Gasteiger partial charge in [-0.1, -0.05) is 21.1 Å². The third-order valence-corrected chi connectivity index (χ3v) is 6.75. The minimum Gasteiger partial charge on any atom is -0.366 e. The van der Waals surface area contributed by atoms with E-state index in [1.165, 1.54) is 11.6 Å². The van der Waals surface area contributed by atoms with Crippen LogP contribution in [0, 0.1) is 13.8 Å². The average molecular weight is 536 g/mol. The highest BCUT2D eigenvalue weighted by atomic mass is 79.9. The fraction of sp³-hybridized carbons (Fsp3) is 0.273. The zero-order chi connectivity index (χ0) is 24.9. The lowest BCUT2D eigenvalue weighted by molar-refractivity contribution is -0.138. The summed E-state index contributed by atoms with van der Waals surface area (Å²) in [5, 5.41) is 12.6. The molecule has 4 rings (SSSR count). The Hall–Kier alpha value is -3.41. The average Bonchev–Trinajstić information content (AvgIpc) is 3.36. The van der Waals surface area contributed by atoms with E-state index in [0.29, 0.717) is 21.6 Å². The molecule has 2 N–H and O–H groups in total. The van der Waals surface area contributed by atoms with Crippen LogP contribution in [-0.2, 0) is 18.0 Å². The number of primary amides is 1. The van der Waals surface area contributed by atoms with E-state index in [2.05, 4.69) is 31.3 Å². The molecular weight excluding hydrogens is 515 g/mol. The van der Waals surface area contributed by atoms with E-state index in [9.17, 15) is 18.0 Å². The lowest BCUT2D eigenvalue weighted by Gasteiger charge is -2.32. The lowest BCUT2D eigenvalue weighted by atomic mass is 10.0. The number of halogens is 4. The number of nitrogens with two attached hydrogens (primary N) is 1. The number of nitrogens with zero attached hydrogens (tertiary/aromatic N) is 6. The zero-order valence-electron chi connectivity index (χ0n) is 18.8. The first-order valence-electron chi connectivity index (χ1n) is 10.2. The van der Waals surface area contributed by atoms with Crippen LogP contribution in [0.5, 0.6) is 0 Å². The fourth-order valence-electron chi connectivity index (χ4n) is 3.78. The van der Waals surface area contributed by atoms with Crippen LogP contribution in [0.4, 0.5) is 18.9 Å². The third kappa shape index (κ3) is 4.13. The van der Waals surface area contributed by atoms with Crippen LogP contribution >= 0.6 is 15.9 Å². The van der Waals surface area contributed by atoms with Gasteiger partial charge in [0.2, 0.25) is 5.91 Å². The summed E-state index contributed by atoms with van der Waals surface area (Å²) in [6, 6.07) is 2.65. The van der Waals surface area contributed by atoms with Gasteiger partial charge in [0.15, 0.2) is 0 Å². The number of alkyl halides is 3. The van der Waals surface area contributed by atoms with E-state index in [0.717, 1.165) is 17.3 Å². The van der Waals surface area contributed by atoms with Crippen LogP contribution in [0.25, 0.3) is 17.0 Å². The number of aryl methyl sites for hydroxylation is 1. The molecule has 0 saturated heterocycles. The van der Waals surface area contributed by atoms with Crippen LogP contribution < -0.4 is 10.6 Å². The Kier molecular flexibility index (Phi) is 5.88. The molecule has 12 heteroatoms. The van der Waals surface area contributed by atoms with Crippen molar-refractivity contribution < 1.29 is 18.0 Å². The second-order valence-electron chi connectivity index (χ2n) is 8.00. The van der Waals surface area contributed by atoms with Crippen molar-refractivity contribution in [3.8, 4) is 11.3 Å². The summed E-state index contributed by atoms with van der Waals surface area (Å²) in [6.45, 7) is 5.04. The Morgan fingerprint density at radius 2 is 1.91 bits per heavy atom. The normalized spacial score (nSPS) is 14.6. The summed E-state index contributed by atoms with van der Waals surface area (Å²) in [4.78, 5) is 13.7. The van der Waals surface area contributed by atoms with Crippen LogP contribution in [0.3, 0.4) is 0 Å². The van der Waals surface area contributed by atoms with E-state index >= 15 is 0 Å². The van der Waals surface area contributed by atoms with Gasteiger partial charge in [0.25, 0.3) is 0 Å². The number of amides is 1. The van der Waals surface area contributed by atoms with Crippen LogP contribution in [0.1, 0.15) is 23.7 Å². The van der Waals surface area contributed by atoms with E-state index in [1.54, 1.807) is 41.0 Å². The van der Waals surface area contributed by atoms with Crippen molar-refractivity contribution in [2.75, 3.05) is 11.4 Å². The first kappa shape index (κ1) is 23.7. The Bertz CT molecular complexity index is 1370. The van der Waals surface area contributed by atoms with Crippen LogP contribution in [0.2, 0.25) is 0 Å². The molecule has 3 aromatic rings. The number of carbonyl (C=O) groups is 1. The topological polar surface area (TPSA) is 94.9 Å². The van der Waals surface area contributed by atoms with Gasteiger partial charge in [-0.15, -0.1) is 5.10 Å². The van der Waals surface area contributed by atoms with Crippen molar-refractivity contribution >= 4 is 33.2 Å². The summed E-state index contributed by atoms with van der Waals surface area (Å²) in [6.07, 6.45) is 0.388. The smallest absolute Gasteiger partial charge is 0.366 e. The molecule has 0 radical (unpaired) electrons. The highest BCUT2D eigenvalue weighted by Gasteiger charge is 2.35. The van der Waals surface area contributed by atoms with Gasteiger partial charge in [-0.25, -0.2) is 4.68 Å². The molecule has 3 heterocycles. The van der Waals surface area contributed by atoms with Gasteiger partial charge < -0.3 is 10.6 Å². The van der Waals surface area contributed by atoms with Crippen molar-refractivity contribution in [1.29, 1.82) is 0 Å². The van der Waals surface area contributed by atoms with Gasteiger partial charge in [-0.3, -0.25) is 9.48 Å². The van der Waals surface area contributed by atoms with Crippen molar-refractivity contribution in [1.82, 2.24) is 24.8 Å². The predicted octanol–water partition coefficient (Wildman–Crippen LogP) is 4.20. The van der Waals surface area contributed by atoms with E-state index < -0.39 is 17.6 Å². The largest absolute Gasteiger partial charge is 0.416 e. The highest BCUT2D eigenvalue weighted by Crippen LogP contribution is 2.40. The molecule has 8 nitrogen and oxygen atoms in total. The Morgan fingerprint density at radius 3 is 2.50 bits per heavy atom. The number of hydrogen-bond donors (Lipinski definition) is 1. The minimum atomic E-state index is -4.54. The molecule has 0 fully saturated rings. The van der Waals surface area contributed by atoms with Crippen molar-refractivity contribution in [3.05, 3.63) is 63.2 Å². The molecule has 0 atom stereocenters. The Morgan fingerprint density at radius 1 is 1.21 bits per heavy atom. The standard InChI is InChI=1S/C22H21BrF3N7O/c1-11-17(22(24,25)26)6-15(7-18(11)23)32-9-14(21(27)34)5-20(13(32)3)33-10-19(29-30-33)16-8-28-31(4)12(16)2/h5-8,10H,9H2,1-4H3,(H2,27,34). The lowest BCUT2D eigenvalue weighted by Crippen LogP contribution is -2.33. The van der Waals surface area contributed by atoms with Crippen molar-refractivity contribution in [2.24, 2.45) is 12.8 Å². The predicted molar refractivity (Wildman–Crippen MR) is 124 cm³/mol. The molecule has 0 spiro atoms. The van der Waals surface area contributed by atoms with Gasteiger partial charge in [-0.05, 0) is 44.5 Å². The Balaban J connectivity index is 1.84. The number of allylic oxidation sites excluding steroid dienone is 3. The molecule has 1 aromatic carbocycles. The zero-order valence-corrected chi connectivity index (χ0v) is 20.4. The van der Waals surface area contributed by atoms with Crippen molar-refractivity contribution in [3.63, 3.8) is 0 Å². The maximum Gasteiger partial charge on any atom is 0.416 e. The summed E-state index contributed by atoms with van der Waals surface area (Å²) in [5.74, 6) is -0.680. The van der Waals surface area contributed by atoms with Crippen LogP contribution in [0.15, 0.2) is 46.3 Å². The molecule has 178 valence electrons. The van der Waals surface area contributed by atoms with Gasteiger partial charge in [-0.2, -0.15) is 18.3 Å². The SMILES string of the molecule is CC1=C(n2cc(-c3cnn(C)c3C)nn2)C=C(C(N)=O)CN1c1cc(Br)c(C)c(C(F)(F)F)c1. The second-order valence-corrected chi connectivity index (χ2v) is 8.86. The molecule has 2 aromatic heterocycles. The molecule has 0 unspecified atom stereocenters. The van der Waals surface area contributed by atoms with E-state index in [1.807, 2.05) is 14.0 Å². The fourth-order valence-corrected chi connectivity index (χ4v) is 4.23. The first-order valence-corrected chi connectivity index (χ1v) is 11.0. The first-order chi connectivity index (χ1) is 15.9. The highest BCUT2D eigenvalue weighted by molar-refractivity contribution is 9.10. The third-order valence-electron chi connectivity index (χ3n) is 5.93. The summed E-state index contributed by atoms with van der Waals surface area (Å²) < 4.78 is 44.4. The molecule has 1 aliphatic heterocycles. The monoisotopic (exact) mass is 535 g/mol. The summed E-state index contributed by atoms with van der Waals surface area (Å²) in [7, 11) is 1.81. The maximum atomic E-state index is 13.7. The number of benzene rings is 1. The molecule has 0 bridgehead atoms. The molecule has 1 amide bonds. The van der Waals surface area contributed by atoms with Gasteiger partial charge in [0.05, 0.1) is 30.2 Å². The minimum absolute atomic E-state index is 0.0146. The van der Waals surface area contributed by atoms with E-state index in [-0.39, 0.29) is 23.4 Å². The van der Waals surface area contributed by atoms with Gasteiger partial charge in [0, 0.05) is 39.7 Å². The number of rotatable bonds is 4. The number of hydrogen-bond acceptors (Lipinski definition) is 5. The molecule has 1 aliphatic rings.